The van der Waals surface area contributed by atoms with E-state index in [1.807, 2.05) is 32.0 Å². The third-order valence-corrected chi connectivity index (χ3v) is 3.68. The fourth-order valence-electron chi connectivity index (χ4n) is 2.20. The number of carbonyl (C=O) groups is 2. The molecule has 0 saturated carbocycles. The number of esters is 1. The van der Waals surface area contributed by atoms with Crippen LogP contribution in [0.5, 0.6) is 5.75 Å². The summed E-state index contributed by atoms with van der Waals surface area (Å²) in [4.78, 5) is 24.4. The molecule has 2 N–H and O–H groups in total. The molecule has 0 radical (unpaired) electrons. The molecule has 0 aliphatic carbocycles. The molecular formula is C19H21NO4. The second-order valence-electron chi connectivity index (χ2n) is 5.88. The number of phenols is 1. The van der Waals surface area contributed by atoms with Crippen LogP contribution in [0, 0.1) is 20.8 Å². The molecule has 0 spiro atoms. The zero-order valence-corrected chi connectivity index (χ0v) is 14.2. The second kappa shape index (κ2) is 7.17. The van der Waals surface area contributed by atoms with Crippen molar-refractivity contribution in [1.82, 2.24) is 0 Å². The quantitative estimate of drug-likeness (QED) is 0.843. The van der Waals surface area contributed by atoms with Gasteiger partial charge in [0.25, 0.3) is 5.91 Å². The number of benzene rings is 2. The van der Waals surface area contributed by atoms with E-state index in [9.17, 15) is 14.7 Å². The van der Waals surface area contributed by atoms with Crippen LogP contribution in [0.4, 0.5) is 5.69 Å². The van der Waals surface area contributed by atoms with Gasteiger partial charge in [-0.05, 0) is 57.0 Å². The van der Waals surface area contributed by atoms with Crippen molar-refractivity contribution in [2.24, 2.45) is 0 Å². The van der Waals surface area contributed by atoms with Gasteiger partial charge in [0, 0.05) is 5.69 Å². The Bertz CT molecular complexity index is 783. The van der Waals surface area contributed by atoms with Gasteiger partial charge in [-0.1, -0.05) is 23.8 Å². The van der Waals surface area contributed by atoms with Crippen LogP contribution >= 0.6 is 0 Å². The Balaban J connectivity index is 2.07. The molecule has 0 bridgehead atoms. The van der Waals surface area contributed by atoms with Crippen molar-refractivity contribution in [3.63, 3.8) is 0 Å². The first-order valence-corrected chi connectivity index (χ1v) is 7.66. The normalized spacial score (nSPS) is 11.7. The maximum absolute atomic E-state index is 12.2. The highest BCUT2D eigenvalue weighted by Gasteiger charge is 2.21. The molecule has 1 amide bonds. The predicted molar refractivity (Wildman–Crippen MR) is 92.3 cm³/mol. The Labute approximate surface area is 141 Å². The molecule has 0 aliphatic heterocycles. The number of nitrogens with one attached hydrogen (secondary N) is 1. The van der Waals surface area contributed by atoms with Gasteiger partial charge in [0.1, 0.15) is 11.3 Å². The summed E-state index contributed by atoms with van der Waals surface area (Å²) in [6.07, 6.45) is -0.989. The predicted octanol–water partition coefficient (Wildman–Crippen LogP) is 3.50. The minimum atomic E-state index is -0.989. The third kappa shape index (κ3) is 4.13. The van der Waals surface area contributed by atoms with Crippen LogP contribution in [0.3, 0.4) is 0 Å². The summed E-state index contributed by atoms with van der Waals surface area (Å²) in [6.45, 7) is 7.10. The van der Waals surface area contributed by atoms with E-state index in [1.54, 1.807) is 13.0 Å². The molecule has 5 nitrogen and oxygen atoms in total. The van der Waals surface area contributed by atoms with Crippen molar-refractivity contribution in [2.45, 2.75) is 33.8 Å². The Morgan fingerprint density at radius 1 is 1.04 bits per heavy atom. The van der Waals surface area contributed by atoms with Gasteiger partial charge in [-0.3, -0.25) is 4.79 Å². The first kappa shape index (κ1) is 17.5. The lowest BCUT2D eigenvalue weighted by Gasteiger charge is -2.15. The summed E-state index contributed by atoms with van der Waals surface area (Å²) in [6, 6.07) is 10.3. The Morgan fingerprint density at radius 3 is 2.38 bits per heavy atom. The summed E-state index contributed by atoms with van der Waals surface area (Å²) in [7, 11) is 0. The minimum Gasteiger partial charge on any atom is -0.507 e. The van der Waals surface area contributed by atoms with Gasteiger partial charge in [0.2, 0.25) is 0 Å². The molecule has 5 heteroatoms. The summed E-state index contributed by atoms with van der Waals surface area (Å²) in [5, 5.41) is 12.5. The number of phenolic OH excluding ortho intramolecular Hbond substituents is 1. The van der Waals surface area contributed by atoms with E-state index in [1.165, 1.54) is 19.1 Å². The van der Waals surface area contributed by atoms with Crippen molar-refractivity contribution in [3.8, 4) is 5.75 Å². The molecule has 0 aromatic heterocycles. The number of anilines is 1. The molecule has 24 heavy (non-hydrogen) atoms. The van der Waals surface area contributed by atoms with Crippen LogP contribution in [-0.2, 0) is 9.53 Å². The summed E-state index contributed by atoms with van der Waals surface area (Å²) in [5.74, 6) is -1.34. The van der Waals surface area contributed by atoms with Gasteiger partial charge in [-0.25, -0.2) is 4.79 Å². The summed E-state index contributed by atoms with van der Waals surface area (Å²) in [5.41, 5.74) is 3.48. The van der Waals surface area contributed by atoms with Crippen LogP contribution in [0.15, 0.2) is 36.4 Å². The smallest absolute Gasteiger partial charge is 0.342 e. The molecule has 2 aromatic rings. The number of hydrogen-bond donors (Lipinski definition) is 2. The van der Waals surface area contributed by atoms with Gasteiger partial charge in [0.15, 0.2) is 6.10 Å². The van der Waals surface area contributed by atoms with Crippen LogP contribution in [-0.4, -0.2) is 23.1 Å². The van der Waals surface area contributed by atoms with Crippen molar-refractivity contribution >= 4 is 17.6 Å². The number of carbonyl (C=O) groups excluding carboxylic acids is 2. The first-order chi connectivity index (χ1) is 11.3. The van der Waals surface area contributed by atoms with Gasteiger partial charge in [0.05, 0.1) is 0 Å². The lowest BCUT2D eigenvalue weighted by Crippen LogP contribution is -2.30. The Morgan fingerprint density at radius 2 is 1.67 bits per heavy atom. The lowest BCUT2D eigenvalue weighted by molar-refractivity contribution is -0.123. The zero-order chi connectivity index (χ0) is 17.9. The van der Waals surface area contributed by atoms with E-state index in [0.717, 1.165) is 16.7 Å². The highest BCUT2D eigenvalue weighted by Crippen LogP contribution is 2.20. The molecule has 126 valence electrons. The lowest BCUT2D eigenvalue weighted by atomic mass is 10.1. The van der Waals surface area contributed by atoms with Crippen LogP contribution in [0.1, 0.15) is 34.0 Å². The Kier molecular flexibility index (Phi) is 5.24. The SMILES string of the molecule is Cc1ccc(C)c(NC(=O)[C@H](C)OC(=O)c2cc(C)ccc2O)c1. The highest BCUT2D eigenvalue weighted by atomic mass is 16.5. The zero-order valence-electron chi connectivity index (χ0n) is 14.2. The minimum absolute atomic E-state index is 0.0430. The fourth-order valence-corrected chi connectivity index (χ4v) is 2.20. The first-order valence-electron chi connectivity index (χ1n) is 7.66. The molecule has 0 saturated heterocycles. The fraction of sp³-hybridized carbons (Fsp3) is 0.263. The van der Waals surface area contributed by atoms with Crippen molar-refractivity contribution < 1.29 is 19.4 Å². The standard InChI is InChI=1S/C19H21NO4/c1-11-6-8-17(21)15(9-11)19(23)24-14(4)18(22)20-16-10-12(2)5-7-13(16)3/h5-10,14,21H,1-4H3,(H,20,22)/t14-/m0/s1. The van der Waals surface area contributed by atoms with E-state index >= 15 is 0 Å². The second-order valence-corrected chi connectivity index (χ2v) is 5.88. The van der Waals surface area contributed by atoms with Crippen molar-refractivity contribution in [2.75, 3.05) is 5.32 Å². The van der Waals surface area contributed by atoms with Crippen LogP contribution < -0.4 is 5.32 Å². The van der Waals surface area contributed by atoms with Gasteiger partial charge >= 0.3 is 5.97 Å². The topological polar surface area (TPSA) is 75.6 Å². The molecule has 0 heterocycles. The molecule has 2 rings (SSSR count). The molecule has 0 fully saturated rings. The average molecular weight is 327 g/mol. The van der Waals surface area contributed by atoms with Crippen molar-refractivity contribution in [3.05, 3.63) is 58.7 Å². The molecule has 0 unspecified atom stereocenters. The van der Waals surface area contributed by atoms with E-state index in [-0.39, 0.29) is 11.3 Å². The molecular weight excluding hydrogens is 306 g/mol. The Hall–Kier alpha value is -2.82. The van der Waals surface area contributed by atoms with Gasteiger partial charge in [-0.15, -0.1) is 0 Å². The average Bonchev–Trinajstić information content (AvgIpc) is 2.53. The van der Waals surface area contributed by atoms with E-state index < -0.39 is 18.0 Å². The van der Waals surface area contributed by atoms with E-state index in [0.29, 0.717) is 5.69 Å². The number of rotatable bonds is 4. The number of hydrogen-bond acceptors (Lipinski definition) is 4. The summed E-state index contributed by atoms with van der Waals surface area (Å²) >= 11 is 0. The number of aromatic hydroxyl groups is 1. The molecule has 2 aromatic carbocycles. The molecule has 1 atom stereocenters. The maximum atomic E-state index is 12.2. The monoisotopic (exact) mass is 327 g/mol. The van der Waals surface area contributed by atoms with E-state index in [4.69, 9.17) is 4.74 Å². The van der Waals surface area contributed by atoms with E-state index in [2.05, 4.69) is 5.32 Å². The summed E-state index contributed by atoms with van der Waals surface area (Å²) < 4.78 is 5.17. The number of ether oxygens (including phenoxy) is 1. The number of amides is 1. The highest BCUT2D eigenvalue weighted by molar-refractivity contribution is 5.98. The number of aryl methyl sites for hydroxylation is 3. The van der Waals surface area contributed by atoms with Gasteiger partial charge in [-0.2, -0.15) is 0 Å². The molecule has 0 aliphatic rings. The maximum Gasteiger partial charge on any atom is 0.342 e. The third-order valence-electron chi connectivity index (χ3n) is 3.68. The van der Waals surface area contributed by atoms with Crippen molar-refractivity contribution in [1.29, 1.82) is 0 Å². The van der Waals surface area contributed by atoms with Gasteiger partial charge < -0.3 is 15.2 Å². The van der Waals surface area contributed by atoms with Crippen LogP contribution in [0.2, 0.25) is 0 Å². The largest absolute Gasteiger partial charge is 0.507 e. The van der Waals surface area contributed by atoms with Crippen LogP contribution in [0.25, 0.3) is 0 Å².